The first kappa shape index (κ1) is 14.5. The monoisotopic (exact) mass is 361 g/mol. The van der Waals surface area contributed by atoms with Crippen LogP contribution in [0.4, 0.5) is 5.69 Å². The Hall–Kier alpha value is -0.890. The summed E-state index contributed by atoms with van der Waals surface area (Å²) in [6.07, 6.45) is 0. The van der Waals surface area contributed by atoms with Gasteiger partial charge in [0.15, 0.2) is 0 Å². The molecule has 7 heteroatoms. The molecule has 0 radical (unpaired) electrons. The Bertz CT molecular complexity index is 695. The second kappa shape index (κ2) is 5.62. The molecule has 0 saturated heterocycles. The number of nitrogens with one attached hydrogen (secondary N) is 1. The molecule has 2 aromatic rings. The van der Waals surface area contributed by atoms with E-state index in [-0.39, 0.29) is 10.8 Å². The highest BCUT2D eigenvalue weighted by Crippen LogP contribution is 2.26. The highest BCUT2D eigenvalue weighted by atomic mass is 79.9. The Morgan fingerprint density at radius 1 is 1.37 bits per heavy atom. The van der Waals surface area contributed by atoms with Crippen molar-refractivity contribution >= 4 is 43.0 Å². The molecule has 102 valence electrons. The van der Waals surface area contributed by atoms with Gasteiger partial charge in [-0.15, -0.1) is 11.3 Å². The lowest BCUT2D eigenvalue weighted by Crippen LogP contribution is -2.12. The fourth-order valence-electron chi connectivity index (χ4n) is 1.51. The molecule has 0 saturated carbocycles. The normalized spacial score (nSPS) is 11.5. The first-order chi connectivity index (χ1) is 8.92. The topological polar surface area (TPSA) is 66.4 Å². The van der Waals surface area contributed by atoms with E-state index in [0.29, 0.717) is 11.3 Å². The Morgan fingerprint density at radius 2 is 2.11 bits per heavy atom. The number of aliphatic hydroxyl groups excluding tert-OH is 1. The quantitative estimate of drug-likeness (QED) is 0.878. The molecule has 4 nitrogen and oxygen atoms in total. The van der Waals surface area contributed by atoms with Gasteiger partial charge in [-0.2, -0.15) is 0 Å². The summed E-state index contributed by atoms with van der Waals surface area (Å²) in [6.45, 7) is 1.67. The zero-order valence-corrected chi connectivity index (χ0v) is 13.3. The number of thiophene rings is 1. The molecule has 1 aromatic carbocycles. The van der Waals surface area contributed by atoms with Crippen LogP contribution in [0.3, 0.4) is 0 Å². The predicted molar refractivity (Wildman–Crippen MR) is 79.9 cm³/mol. The van der Waals surface area contributed by atoms with E-state index in [9.17, 15) is 8.42 Å². The van der Waals surface area contributed by atoms with Gasteiger partial charge in [-0.1, -0.05) is 15.9 Å². The molecule has 0 spiro atoms. The molecule has 2 N–H and O–H groups in total. The van der Waals surface area contributed by atoms with Crippen LogP contribution in [0.25, 0.3) is 0 Å². The van der Waals surface area contributed by atoms with Crippen LogP contribution in [0.5, 0.6) is 0 Å². The molecular weight excluding hydrogens is 350 g/mol. The molecule has 2 rings (SSSR count). The Balaban J connectivity index is 2.30. The minimum Gasteiger partial charge on any atom is -0.392 e. The van der Waals surface area contributed by atoms with Crippen LogP contribution >= 0.6 is 27.3 Å². The molecule has 0 aliphatic heterocycles. The minimum atomic E-state index is -3.60. The average Bonchev–Trinajstić information content (AvgIpc) is 2.82. The van der Waals surface area contributed by atoms with Crippen LogP contribution in [0.2, 0.25) is 0 Å². The molecule has 0 atom stereocenters. The van der Waals surface area contributed by atoms with Crippen LogP contribution in [0, 0.1) is 6.92 Å². The van der Waals surface area contributed by atoms with Crippen LogP contribution in [0.15, 0.2) is 38.3 Å². The van der Waals surface area contributed by atoms with E-state index >= 15 is 0 Å². The number of aliphatic hydroxyl groups is 1. The highest BCUT2D eigenvalue weighted by Gasteiger charge is 2.17. The third kappa shape index (κ3) is 3.36. The van der Waals surface area contributed by atoms with Gasteiger partial charge in [-0.3, -0.25) is 4.72 Å². The maximum absolute atomic E-state index is 12.2. The molecule has 0 bridgehead atoms. The summed E-state index contributed by atoms with van der Waals surface area (Å²) in [5, 5.41) is 10.6. The lowest BCUT2D eigenvalue weighted by atomic mass is 10.2. The maximum atomic E-state index is 12.2. The Kier molecular flexibility index (Phi) is 4.29. The maximum Gasteiger partial charge on any atom is 0.271 e. The third-order valence-electron chi connectivity index (χ3n) is 2.51. The minimum absolute atomic E-state index is 0.163. The number of aryl methyl sites for hydroxylation is 1. The Labute approximate surface area is 124 Å². The fraction of sp³-hybridized carbons (Fsp3) is 0.167. The van der Waals surface area contributed by atoms with Gasteiger partial charge in [0.05, 0.1) is 12.3 Å². The number of sulfonamides is 1. The van der Waals surface area contributed by atoms with Crippen molar-refractivity contribution in [2.75, 3.05) is 4.72 Å². The van der Waals surface area contributed by atoms with E-state index < -0.39 is 10.0 Å². The standard InChI is InChI=1S/C12H12BrNO3S2/c1-8-4-10(13)2-3-11(8)14-19(16,17)12-5-9(6-15)7-18-12/h2-5,7,14-15H,6H2,1H3. The zero-order valence-electron chi connectivity index (χ0n) is 10.1. The molecule has 0 unspecified atom stereocenters. The van der Waals surface area contributed by atoms with Crippen molar-refractivity contribution in [1.82, 2.24) is 0 Å². The summed E-state index contributed by atoms with van der Waals surface area (Å²) in [4.78, 5) is 0. The smallest absolute Gasteiger partial charge is 0.271 e. The van der Waals surface area contributed by atoms with Crippen LogP contribution in [0.1, 0.15) is 11.1 Å². The van der Waals surface area contributed by atoms with Gasteiger partial charge in [0.2, 0.25) is 0 Å². The molecule has 0 amide bonds. The number of hydrogen-bond donors (Lipinski definition) is 2. The second-order valence-electron chi connectivity index (χ2n) is 4.00. The van der Waals surface area contributed by atoms with Crippen molar-refractivity contribution < 1.29 is 13.5 Å². The number of hydrogen-bond acceptors (Lipinski definition) is 4. The van der Waals surface area contributed by atoms with E-state index in [2.05, 4.69) is 20.7 Å². The third-order valence-corrected chi connectivity index (χ3v) is 5.86. The van der Waals surface area contributed by atoms with Crippen molar-refractivity contribution in [3.05, 3.63) is 45.2 Å². The van der Waals surface area contributed by atoms with Gasteiger partial charge in [0.1, 0.15) is 4.21 Å². The lowest BCUT2D eigenvalue weighted by molar-refractivity contribution is 0.282. The zero-order chi connectivity index (χ0) is 14.0. The average molecular weight is 362 g/mol. The van der Waals surface area contributed by atoms with Gasteiger partial charge in [-0.25, -0.2) is 8.42 Å². The first-order valence-electron chi connectivity index (χ1n) is 5.39. The van der Waals surface area contributed by atoms with Crippen molar-refractivity contribution in [2.24, 2.45) is 0 Å². The first-order valence-corrected chi connectivity index (χ1v) is 8.55. The van der Waals surface area contributed by atoms with Crippen molar-refractivity contribution in [1.29, 1.82) is 0 Å². The second-order valence-corrected chi connectivity index (χ2v) is 7.73. The van der Waals surface area contributed by atoms with Crippen molar-refractivity contribution in [3.63, 3.8) is 0 Å². The van der Waals surface area contributed by atoms with Gasteiger partial charge >= 0.3 is 0 Å². The SMILES string of the molecule is Cc1cc(Br)ccc1NS(=O)(=O)c1cc(CO)cs1. The molecule has 0 aliphatic carbocycles. The number of rotatable bonds is 4. The van der Waals surface area contributed by atoms with Gasteiger partial charge in [0.25, 0.3) is 10.0 Å². The molecule has 1 aromatic heterocycles. The Morgan fingerprint density at radius 3 is 2.68 bits per heavy atom. The largest absolute Gasteiger partial charge is 0.392 e. The molecule has 19 heavy (non-hydrogen) atoms. The molecule has 0 fully saturated rings. The number of anilines is 1. The fourth-order valence-corrected chi connectivity index (χ4v) is 4.32. The summed E-state index contributed by atoms with van der Waals surface area (Å²) < 4.78 is 28.0. The van der Waals surface area contributed by atoms with E-state index in [0.717, 1.165) is 21.4 Å². The lowest BCUT2D eigenvalue weighted by Gasteiger charge is -2.09. The molecule has 0 aliphatic rings. The van der Waals surface area contributed by atoms with E-state index in [1.54, 1.807) is 17.5 Å². The van der Waals surface area contributed by atoms with Crippen molar-refractivity contribution in [2.45, 2.75) is 17.7 Å². The van der Waals surface area contributed by atoms with Gasteiger partial charge in [0, 0.05) is 4.47 Å². The van der Waals surface area contributed by atoms with Gasteiger partial charge in [-0.05, 0) is 47.7 Å². The van der Waals surface area contributed by atoms with E-state index in [4.69, 9.17) is 5.11 Å². The van der Waals surface area contributed by atoms with Gasteiger partial charge < -0.3 is 5.11 Å². The van der Waals surface area contributed by atoms with Crippen LogP contribution in [-0.4, -0.2) is 13.5 Å². The molecule has 1 heterocycles. The number of benzene rings is 1. The summed E-state index contributed by atoms with van der Waals surface area (Å²) >= 11 is 4.42. The van der Waals surface area contributed by atoms with Crippen LogP contribution in [-0.2, 0) is 16.6 Å². The predicted octanol–water partition coefficient (Wildman–Crippen LogP) is 3.11. The highest BCUT2D eigenvalue weighted by molar-refractivity contribution is 9.10. The summed E-state index contributed by atoms with van der Waals surface area (Å²) in [5.41, 5.74) is 1.97. The van der Waals surface area contributed by atoms with E-state index in [1.165, 1.54) is 6.07 Å². The summed E-state index contributed by atoms with van der Waals surface area (Å²) in [6, 6.07) is 6.79. The van der Waals surface area contributed by atoms with Crippen molar-refractivity contribution in [3.8, 4) is 0 Å². The number of halogens is 1. The van der Waals surface area contributed by atoms with Crippen LogP contribution < -0.4 is 4.72 Å². The van der Waals surface area contributed by atoms with E-state index in [1.807, 2.05) is 13.0 Å². The summed E-state index contributed by atoms with van der Waals surface area (Å²) in [5.74, 6) is 0. The summed E-state index contributed by atoms with van der Waals surface area (Å²) in [7, 11) is -3.60. The molecular formula is C12H12BrNO3S2.